The van der Waals surface area contributed by atoms with E-state index in [4.69, 9.17) is 7.85 Å². The highest BCUT2D eigenvalue weighted by Gasteiger charge is 2.40. The summed E-state index contributed by atoms with van der Waals surface area (Å²) >= 11 is 1.59. The van der Waals surface area contributed by atoms with E-state index in [2.05, 4.69) is 20.8 Å². The van der Waals surface area contributed by atoms with Crippen LogP contribution >= 0.6 is 11.8 Å². The van der Waals surface area contributed by atoms with Crippen molar-refractivity contribution < 1.29 is 14.4 Å². The minimum Gasteiger partial charge on any atom is -0.312 e. The number of benzene rings is 1. The Bertz CT molecular complexity index is 758. The van der Waals surface area contributed by atoms with Crippen molar-refractivity contribution in [1.29, 1.82) is 0 Å². The number of nitrogens with zero attached hydrogens (tertiary/aromatic N) is 1. The first-order valence-electron chi connectivity index (χ1n) is 10.4. The second kappa shape index (κ2) is 9.50. The molecule has 1 atom stereocenters. The van der Waals surface area contributed by atoms with E-state index >= 15 is 0 Å². The minimum absolute atomic E-state index is 0.113. The van der Waals surface area contributed by atoms with Gasteiger partial charge < -0.3 is 4.79 Å². The smallest absolute Gasteiger partial charge is 0.247 e. The van der Waals surface area contributed by atoms with Crippen molar-refractivity contribution in [3.8, 4) is 0 Å². The molecule has 0 N–H and O–H groups in total. The van der Waals surface area contributed by atoms with Crippen molar-refractivity contribution in [2.45, 2.75) is 77.4 Å². The van der Waals surface area contributed by atoms with Crippen LogP contribution in [0.2, 0.25) is 0 Å². The fourth-order valence-corrected chi connectivity index (χ4v) is 5.10. The van der Waals surface area contributed by atoms with Crippen molar-refractivity contribution in [3.05, 3.63) is 29.8 Å². The highest BCUT2D eigenvalue weighted by atomic mass is 32.2. The highest BCUT2D eigenvalue weighted by Crippen LogP contribution is 2.38. The average Bonchev–Trinajstić information content (AvgIpc) is 2.91. The molecular weight excluding hydrogens is 381 g/mol. The molecule has 1 fully saturated rings. The van der Waals surface area contributed by atoms with Gasteiger partial charge in [-0.15, -0.1) is 11.8 Å². The monoisotopic (exact) mass is 413 g/mol. The molecule has 1 aromatic carbocycles. The number of amides is 2. The van der Waals surface area contributed by atoms with E-state index in [1.165, 1.54) is 4.90 Å². The van der Waals surface area contributed by atoms with E-state index in [9.17, 15) is 14.4 Å². The summed E-state index contributed by atoms with van der Waals surface area (Å²) in [4.78, 5) is 38.3. The molecule has 0 aliphatic carbocycles. The quantitative estimate of drug-likeness (QED) is 0.319. The van der Waals surface area contributed by atoms with Crippen molar-refractivity contribution in [2.24, 2.45) is 5.41 Å². The lowest BCUT2D eigenvalue weighted by molar-refractivity contribution is -0.121. The van der Waals surface area contributed by atoms with Crippen LogP contribution < -0.4 is 4.90 Å². The zero-order valence-electron chi connectivity index (χ0n) is 18.3. The fourth-order valence-electron chi connectivity index (χ4n) is 3.94. The molecule has 29 heavy (non-hydrogen) atoms. The number of unbranched alkanes of at least 4 members (excludes halogenated alkanes) is 2. The Morgan fingerprint density at radius 3 is 2.31 bits per heavy atom. The van der Waals surface area contributed by atoms with E-state index in [-0.39, 0.29) is 34.6 Å². The number of thioether (sulfide) groups is 1. The first kappa shape index (κ1) is 23.7. The van der Waals surface area contributed by atoms with Gasteiger partial charge in [-0.3, -0.25) is 9.59 Å². The first-order chi connectivity index (χ1) is 13.5. The molecule has 0 spiro atoms. The zero-order valence-corrected chi connectivity index (χ0v) is 19.1. The SMILES string of the molecule is [B]C(=O)C(C)(C)CC(C)(C)c1ccc(N2C(=O)CC(SCCCCC)C2=O)cc1. The van der Waals surface area contributed by atoms with Gasteiger partial charge in [0.05, 0.1) is 16.6 Å². The Morgan fingerprint density at radius 1 is 1.14 bits per heavy atom. The molecule has 1 saturated heterocycles. The predicted octanol–water partition coefficient (Wildman–Crippen LogP) is 4.63. The molecule has 2 amide bonds. The number of imide groups is 1. The van der Waals surface area contributed by atoms with Crippen molar-refractivity contribution in [3.63, 3.8) is 0 Å². The summed E-state index contributed by atoms with van der Waals surface area (Å²) in [6.07, 6.45) is 4.24. The topological polar surface area (TPSA) is 54.5 Å². The summed E-state index contributed by atoms with van der Waals surface area (Å²) in [5.41, 5.74) is 0.447. The van der Waals surface area contributed by atoms with Crippen LogP contribution in [0.25, 0.3) is 0 Å². The Balaban J connectivity index is 2.10. The molecule has 4 nitrogen and oxygen atoms in total. The zero-order chi connectivity index (χ0) is 21.8. The van der Waals surface area contributed by atoms with E-state index in [0.29, 0.717) is 12.1 Å². The van der Waals surface area contributed by atoms with Gasteiger partial charge >= 0.3 is 0 Å². The molecule has 2 radical (unpaired) electrons. The average molecular weight is 413 g/mol. The Hall–Kier alpha value is -1.56. The number of hydrogen-bond acceptors (Lipinski definition) is 4. The summed E-state index contributed by atoms with van der Waals surface area (Å²) in [5, 5.41) is -0.271. The van der Waals surface area contributed by atoms with Crippen LogP contribution in [0.3, 0.4) is 0 Å². The van der Waals surface area contributed by atoms with E-state index in [0.717, 1.165) is 30.6 Å². The molecule has 2 rings (SSSR count). The number of hydrogen-bond donors (Lipinski definition) is 0. The van der Waals surface area contributed by atoms with Crippen LogP contribution in [0.4, 0.5) is 5.69 Å². The number of rotatable bonds is 10. The van der Waals surface area contributed by atoms with Crippen LogP contribution in [-0.4, -0.2) is 36.3 Å². The largest absolute Gasteiger partial charge is 0.312 e. The maximum Gasteiger partial charge on any atom is 0.247 e. The summed E-state index contributed by atoms with van der Waals surface area (Å²) in [6, 6.07) is 7.53. The van der Waals surface area contributed by atoms with Gasteiger partial charge in [-0.05, 0) is 41.7 Å². The van der Waals surface area contributed by atoms with Crippen molar-refractivity contribution in [1.82, 2.24) is 0 Å². The number of carbonyl (C=O) groups excluding carboxylic acids is 3. The van der Waals surface area contributed by atoms with Gasteiger partial charge in [0.15, 0.2) is 7.85 Å². The normalized spacial score (nSPS) is 17.8. The molecule has 1 heterocycles. The van der Waals surface area contributed by atoms with Gasteiger partial charge in [0.1, 0.15) is 0 Å². The van der Waals surface area contributed by atoms with E-state index in [1.807, 2.05) is 38.1 Å². The Labute approximate surface area is 180 Å². The molecule has 1 aromatic rings. The fraction of sp³-hybridized carbons (Fsp3) is 0.609. The van der Waals surface area contributed by atoms with Gasteiger partial charge in [-0.25, -0.2) is 4.90 Å². The van der Waals surface area contributed by atoms with Crippen LogP contribution in [0.5, 0.6) is 0 Å². The Kier molecular flexibility index (Phi) is 7.77. The maximum absolute atomic E-state index is 12.8. The molecule has 6 heteroatoms. The number of anilines is 1. The third-order valence-electron chi connectivity index (χ3n) is 5.63. The van der Waals surface area contributed by atoms with Crippen molar-refractivity contribution >= 4 is 42.8 Å². The van der Waals surface area contributed by atoms with E-state index < -0.39 is 5.41 Å². The summed E-state index contributed by atoms with van der Waals surface area (Å²) < 4.78 is 0. The summed E-state index contributed by atoms with van der Waals surface area (Å²) in [5.74, 6) is 0.664. The van der Waals surface area contributed by atoms with Gasteiger partial charge in [0.2, 0.25) is 11.8 Å². The lowest BCUT2D eigenvalue weighted by Crippen LogP contribution is -2.33. The molecule has 1 aliphatic rings. The Morgan fingerprint density at radius 2 is 1.76 bits per heavy atom. The minimum atomic E-state index is -0.620. The van der Waals surface area contributed by atoms with Gasteiger partial charge in [-0.2, -0.15) is 0 Å². The predicted molar refractivity (Wildman–Crippen MR) is 122 cm³/mol. The molecular formula is C23H32BNO3S. The third-order valence-corrected chi connectivity index (χ3v) is 6.93. The van der Waals surface area contributed by atoms with Gasteiger partial charge in [0, 0.05) is 11.8 Å². The van der Waals surface area contributed by atoms with Crippen LogP contribution in [0, 0.1) is 5.41 Å². The number of carbonyl (C=O) groups is 3. The molecule has 0 aromatic heterocycles. The highest BCUT2D eigenvalue weighted by molar-refractivity contribution is 8.00. The van der Waals surface area contributed by atoms with E-state index in [1.54, 1.807) is 11.8 Å². The lowest BCUT2D eigenvalue weighted by Gasteiger charge is -2.34. The third kappa shape index (κ3) is 5.75. The molecule has 0 bridgehead atoms. The van der Waals surface area contributed by atoms with Crippen molar-refractivity contribution in [2.75, 3.05) is 10.7 Å². The maximum atomic E-state index is 12.8. The molecule has 1 aliphatic heterocycles. The lowest BCUT2D eigenvalue weighted by atomic mass is 9.66. The summed E-state index contributed by atoms with van der Waals surface area (Å²) in [6.45, 7) is 10.00. The van der Waals surface area contributed by atoms with Gasteiger partial charge in [-0.1, -0.05) is 59.6 Å². The molecule has 1 unspecified atom stereocenters. The molecule has 156 valence electrons. The first-order valence-corrected chi connectivity index (χ1v) is 11.4. The van der Waals surface area contributed by atoms with Crippen LogP contribution in [0.15, 0.2) is 24.3 Å². The molecule has 0 saturated carbocycles. The van der Waals surface area contributed by atoms with Gasteiger partial charge in [0.25, 0.3) is 0 Å². The second-order valence-corrected chi connectivity index (χ2v) is 10.5. The van der Waals surface area contributed by atoms with Crippen LogP contribution in [-0.2, 0) is 19.8 Å². The van der Waals surface area contributed by atoms with Crippen LogP contribution in [0.1, 0.15) is 72.3 Å². The standard InChI is InChI=1S/C23H32BNO3S/c1-6-7-8-13-29-18-14-19(26)25(20(18)27)17-11-9-16(10-12-17)22(2,3)15-23(4,5)21(24)28/h9-12,18H,6-8,13-15H2,1-5H3. The second-order valence-electron chi connectivity index (χ2n) is 9.19. The summed E-state index contributed by atoms with van der Waals surface area (Å²) in [7, 11) is 5.53.